The Hall–Kier alpha value is -3.54. The lowest BCUT2D eigenvalue weighted by Crippen LogP contribution is -2.43. The molecular formula is C33H46N6O4Si. The molecule has 0 atom stereocenters. The van der Waals surface area contributed by atoms with Crippen molar-refractivity contribution in [1.82, 2.24) is 19.7 Å². The van der Waals surface area contributed by atoms with Crippen molar-refractivity contribution in [2.45, 2.75) is 72.1 Å². The number of rotatable bonds is 10. The molecule has 44 heavy (non-hydrogen) atoms. The zero-order chi connectivity index (χ0) is 31.6. The van der Waals surface area contributed by atoms with E-state index in [1.807, 2.05) is 36.7 Å². The lowest BCUT2D eigenvalue weighted by atomic mass is 9.97. The van der Waals surface area contributed by atoms with Crippen LogP contribution in [-0.4, -0.2) is 67.4 Å². The number of hydrogen-bond acceptors (Lipinski definition) is 8. The molecule has 4 heterocycles. The summed E-state index contributed by atoms with van der Waals surface area (Å²) in [6.07, 6.45) is 5.16. The molecule has 0 bridgehead atoms. The zero-order valence-electron chi connectivity index (χ0n) is 27.4. The highest BCUT2D eigenvalue weighted by Crippen LogP contribution is 2.39. The molecule has 0 saturated carbocycles. The van der Waals surface area contributed by atoms with Crippen molar-refractivity contribution in [2.24, 2.45) is 5.92 Å². The maximum Gasteiger partial charge on any atom is 0.277 e. The van der Waals surface area contributed by atoms with Crippen LogP contribution in [0.2, 0.25) is 18.1 Å². The average Bonchev–Trinajstić information content (AvgIpc) is 3.59. The Balaban J connectivity index is 1.39. The average molecular weight is 619 g/mol. The molecule has 1 saturated heterocycles. The van der Waals surface area contributed by atoms with E-state index >= 15 is 0 Å². The Bertz CT molecular complexity index is 1610. The number of ether oxygens (including phenoxy) is 1. The lowest BCUT2D eigenvalue weighted by Gasteiger charge is -2.39. The van der Waals surface area contributed by atoms with Crippen molar-refractivity contribution in [3.63, 3.8) is 0 Å². The molecule has 0 radical (unpaired) electrons. The molecule has 1 N–H and O–H groups in total. The Labute approximate surface area is 261 Å². The second-order valence-corrected chi connectivity index (χ2v) is 18.2. The number of methoxy groups -OCH3 is 1. The number of nitrogens with one attached hydrogen (secondary N) is 1. The van der Waals surface area contributed by atoms with Crippen molar-refractivity contribution in [3.05, 3.63) is 53.8 Å². The van der Waals surface area contributed by atoms with Gasteiger partial charge in [0.2, 0.25) is 5.89 Å². The summed E-state index contributed by atoms with van der Waals surface area (Å²) in [5.74, 6) is 0.573. The van der Waals surface area contributed by atoms with Gasteiger partial charge in [-0.05, 0) is 75.0 Å². The van der Waals surface area contributed by atoms with Crippen LogP contribution in [0.3, 0.4) is 0 Å². The largest absolute Gasteiger partial charge is 0.444 e. The number of pyridine rings is 1. The maximum absolute atomic E-state index is 13.5. The van der Waals surface area contributed by atoms with Crippen molar-refractivity contribution >= 4 is 36.5 Å². The molecule has 0 aliphatic carbocycles. The fourth-order valence-electron chi connectivity index (χ4n) is 5.34. The number of aromatic nitrogens is 4. The smallest absolute Gasteiger partial charge is 0.277 e. The van der Waals surface area contributed by atoms with Crippen molar-refractivity contribution in [2.75, 3.05) is 43.6 Å². The van der Waals surface area contributed by atoms with E-state index in [-0.39, 0.29) is 16.6 Å². The van der Waals surface area contributed by atoms with Gasteiger partial charge in [0.1, 0.15) is 6.26 Å². The first-order valence-electron chi connectivity index (χ1n) is 15.4. The van der Waals surface area contributed by atoms with Crippen LogP contribution in [-0.2, 0) is 15.7 Å². The quantitative estimate of drug-likeness (QED) is 0.193. The first-order valence-corrected chi connectivity index (χ1v) is 18.4. The number of carbonyl (C=O) groups is 1. The van der Waals surface area contributed by atoms with Gasteiger partial charge in [0, 0.05) is 49.6 Å². The van der Waals surface area contributed by atoms with Crippen molar-refractivity contribution in [1.29, 1.82) is 0 Å². The second kappa shape index (κ2) is 12.8. The van der Waals surface area contributed by atoms with E-state index in [9.17, 15) is 4.79 Å². The van der Waals surface area contributed by atoms with Gasteiger partial charge in [-0.3, -0.25) is 14.5 Å². The third-order valence-electron chi connectivity index (χ3n) is 9.13. The van der Waals surface area contributed by atoms with E-state index in [4.69, 9.17) is 18.7 Å². The Morgan fingerprint density at radius 3 is 2.59 bits per heavy atom. The number of aryl methyl sites for hydroxylation is 2. The predicted molar refractivity (Wildman–Crippen MR) is 177 cm³/mol. The summed E-state index contributed by atoms with van der Waals surface area (Å²) in [5.41, 5.74) is 5.47. The van der Waals surface area contributed by atoms with E-state index in [0.29, 0.717) is 25.0 Å². The number of anilines is 2. The van der Waals surface area contributed by atoms with E-state index in [1.54, 1.807) is 13.3 Å². The standard InChI is InChI=1S/C33H46N6O4Si/c1-22-17-25(9-12-34-22)32-36-28(21-42-32)31(40)35-27-18-26-23(2)37-39(15-16-41-6)29(26)19-30(27)38-13-10-24(11-14-38)20-43-44(7,8)33(3,4)5/h9,12,17-19,21,24H,10-11,13-16,20H2,1-8H3,(H,35,40). The minimum Gasteiger partial charge on any atom is -0.444 e. The fourth-order valence-corrected chi connectivity index (χ4v) is 6.42. The van der Waals surface area contributed by atoms with Crippen LogP contribution in [0.5, 0.6) is 0 Å². The maximum atomic E-state index is 13.5. The molecule has 236 valence electrons. The number of nitrogens with zero attached hydrogens (tertiary/aromatic N) is 5. The summed E-state index contributed by atoms with van der Waals surface area (Å²) in [4.78, 5) is 24.6. The van der Waals surface area contributed by atoms with Gasteiger partial charge in [-0.1, -0.05) is 20.8 Å². The molecule has 1 aromatic carbocycles. The summed E-state index contributed by atoms with van der Waals surface area (Å²) >= 11 is 0. The topological polar surface area (TPSA) is 108 Å². The minimum atomic E-state index is -1.80. The fraction of sp³-hybridized carbons (Fsp3) is 0.515. The van der Waals surface area contributed by atoms with E-state index in [2.05, 4.69) is 60.1 Å². The molecule has 1 fully saturated rings. The summed E-state index contributed by atoms with van der Waals surface area (Å²) < 4.78 is 19.6. The molecular weight excluding hydrogens is 572 g/mol. The van der Waals surface area contributed by atoms with Crippen LogP contribution >= 0.6 is 0 Å². The number of amides is 1. The first-order chi connectivity index (χ1) is 20.9. The number of hydrogen-bond donors (Lipinski definition) is 1. The Kier molecular flexibility index (Phi) is 9.29. The number of fused-ring (bicyclic) bond motifs is 1. The minimum absolute atomic E-state index is 0.196. The third kappa shape index (κ3) is 6.90. The van der Waals surface area contributed by atoms with E-state index in [1.165, 1.54) is 6.26 Å². The molecule has 3 aromatic heterocycles. The van der Waals surface area contributed by atoms with Crippen LogP contribution in [0.1, 0.15) is 55.5 Å². The van der Waals surface area contributed by atoms with E-state index < -0.39 is 8.32 Å². The Morgan fingerprint density at radius 1 is 1.16 bits per heavy atom. The summed E-state index contributed by atoms with van der Waals surface area (Å²) in [7, 11) is -0.0996. The van der Waals surface area contributed by atoms with Crippen LogP contribution in [0, 0.1) is 19.8 Å². The predicted octanol–water partition coefficient (Wildman–Crippen LogP) is 6.84. The second-order valence-electron chi connectivity index (χ2n) is 13.4. The Morgan fingerprint density at radius 2 is 1.91 bits per heavy atom. The van der Waals surface area contributed by atoms with Gasteiger partial charge < -0.3 is 23.8 Å². The van der Waals surface area contributed by atoms with Gasteiger partial charge in [0.15, 0.2) is 14.0 Å². The van der Waals surface area contributed by atoms with Gasteiger partial charge in [0.25, 0.3) is 5.91 Å². The summed E-state index contributed by atoms with van der Waals surface area (Å²) in [6.45, 7) is 19.2. The van der Waals surface area contributed by atoms with Gasteiger partial charge in [-0.25, -0.2) is 4.98 Å². The number of benzene rings is 1. The normalized spacial score (nSPS) is 14.9. The van der Waals surface area contributed by atoms with Gasteiger partial charge >= 0.3 is 0 Å². The van der Waals surface area contributed by atoms with Gasteiger partial charge in [0.05, 0.1) is 35.7 Å². The molecule has 0 spiro atoms. The van der Waals surface area contributed by atoms with Crippen LogP contribution < -0.4 is 10.2 Å². The number of oxazole rings is 1. The third-order valence-corrected chi connectivity index (χ3v) is 13.6. The lowest BCUT2D eigenvalue weighted by molar-refractivity contribution is 0.102. The molecule has 10 nitrogen and oxygen atoms in total. The van der Waals surface area contributed by atoms with Crippen molar-refractivity contribution < 1.29 is 18.4 Å². The SMILES string of the molecule is COCCn1nc(C)c2cc(NC(=O)c3coc(-c4ccnc(C)c4)n3)c(N3CCC(CO[Si](C)(C)C(C)(C)C)CC3)cc21. The molecule has 1 aliphatic heterocycles. The van der Waals surface area contributed by atoms with Crippen LogP contribution in [0.15, 0.2) is 41.1 Å². The number of piperidine rings is 1. The molecule has 11 heteroatoms. The zero-order valence-corrected chi connectivity index (χ0v) is 28.4. The molecule has 0 unspecified atom stereocenters. The molecule has 1 aliphatic rings. The van der Waals surface area contributed by atoms with Gasteiger partial charge in [-0.2, -0.15) is 5.10 Å². The molecule has 1 amide bonds. The summed E-state index contributed by atoms with van der Waals surface area (Å²) in [5, 5.41) is 9.11. The van der Waals surface area contributed by atoms with Gasteiger partial charge in [-0.15, -0.1) is 0 Å². The highest BCUT2D eigenvalue weighted by Gasteiger charge is 2.38. The van der Waals surface area contributed by atoms with Crippen LogP contribution in [0.4, 0.5) is 11.4 Å². The van der Waals surface area contributed by atoms with Crippen LogP contribution in [0.25, 0.3) is 22.4 Å². The number of carbonyl (C=O) groups excluding carboxylic acids is 1. The molecule has 5 rings (SSSR count). The monoisotopic (exact) mass is 618 g/mol. The molecule has 4 aromatic rings. The van der Waals surface area contributed by atoms with Crippen molar-refractivity contribution in [3.8, 4) is 11.5 Å². The summed E-state index contributed by atoms with van der Waals surface area (Å²) in [6, 6.07) is 7.89. The highest BCUT2D eigenvalue weighted by atomic mass is 28.4. The van der Waals surface area contributed by atoms with E-state index in [0.717, 1.165) is 71.8 Å². The first kappa shape index (κ1) is 31.9. The highest BCUT2D eigenvalue weighted by molar-refractivity contribution is 6.74.